The van der Waals surface area contributed by atoms with Crippen LogP contribution in [0.25, 0.3) is 11.0 Å². The Labute approximate surface area is 175 Å². The van der Waals surface area contributed by atoms with Crippen molar-refractivity contribution in [3.05, 3.63) is 95.7 Å². The van der Waals surface area contributed by atoms with Crippen molar-refractivity contribution in [2.45, 2.75) is 13.0 Å². The van der Waals surface area contributed by atoms with Gasteiger partial charge in [0.05, 0.1) is 7.11 Å². The Morgan fingerprint density at radius 3 is 2.40 bits per heavy atom. The average molecular weight is 401 g/mol. The fourth-order valence-corrected chi connectivity index (χ4v) is 3.29. The molecule has 1 amide bonds. The number of hydrogen-bond donors (Lipinski definition) is 1. The molecule has 0 saturated carbocycles. The largest absolute Gasteiger partial charge is 0.497 e. The van der Waals surface area contributed by atoms with Crippen LogP contribution in [0.3, 0.4) is 0 Å². The molecule has 1 N–H and O–H groups in total. The second kappa shape index (κ2) is 9.18. The SMILES string of the molecule is COc1ccc(CCNC(=O)c2oc3ccccc3c2COc2ccccc2)cc1. The normalized spacial score (nSPS) is 10.7. The smallest absolute Gasteiger partial charge is 0.287 e. The van der Waals surface area contributed by atoms with Crippen molar-refractivity contribution in [1.29, 1.82) is 0 Å². The van der Waals surface area contributed by atoms with Gasteiger partial charge in [0.15, 0.2) is 5.76 Å². The summed E-state index contributed by atoms with van der Waals surface area (Å²) in [5.74, 6) is 1.61. The molecule has 0 saturated heterocycles. The first-order chi connectivity index (χ1) is 14.7. The second-order valence-corrected chi connectivity index (χ2v) is 6.86. The number of furan rings is 1. The Morgan fingerprint density at radius 1 is 0.900 bits per heavy atom. The Hall–Kier alpha value is -3.73. The number of ether oxygens (including phenoxy) is 2. The number of carbonyl (C=O) groups is 1. The van der Waals surface area contributed by atoms with Crippen LogP contribution in [0, 0.1) is 0 Å². The summed E-state index contributed by atoms with van der Waals surface area (Å²) in [4.78, 5) is 12.9. The molecule has 4 rings (SSSR count). The van der Waals surface area contributed by atoms with E-state index in [1.54, 1.807) is 7.11 Å². The molecule has 4 aromatic rings. The molecule has 1 heterocycles. The van der Waals surface area contributed by atoms with E-state index in [1.807, 2.05) is 78.9 Å². The van der Waals surface area contributed by atoms with Crippen molar-refractivity contribution in [3.63, 3.8) is 0 Å². The predicted octanol–water partition coefficient (Wildman–Crippen LogP) is 4.99. The van der Waals surface area contributed by atoms with Gasteiger partial charge in [-0.05, 0) is 42.3 Å². The van der Waals surface area contributed by atoms with Gasteiger partial charge in [-0.15, -0.1) is 0 Å². The number of hydrogen-bond acceptors (Lipinski definition) is 4. The third-order valence-corrected chi connectivity index (χ3v) is 4.89. The third kappa shape index (κ3) is 4.46. The molecule has 0 unspecified atom stereocenters. The molecule has 152 valence electrons. The summed E-state index contributed by atoms with van der Waals surface area (Å²) in [6.07, 6.45) is 0.714. The minimum atomic E-state index is -0.244. The Bertz CT molecular complexity index is 1120. The van der Waals surface area contributed by atoms with Crippen molar-refractivity contribution >= 4 is 16.9 Å². The van der Waals surface area contributed by atoms with Crippen LogP contribution in [0.2, 0.25) is 0 Å². The lowest BCUT2D eigenvalue weighted by Crippen LogP contribution is -2.26. The Morgan fingerprint density at radius 2 is 1.63 bits per heavy atom. The number of carbonyl (C=O) groups excluding carboxylic acids is 1. The lowest BCUT2D eigenvalue weighted by atomic mass is 10.1. The highest BCUT2D eigenvalue weighted by atomic mass is 16.5. The van der Waals surface area contributed by atoms with E-state index in [0.717, 1.165) is 28.0 Å². The first kappa shape index (κ1) is 19.6. The number of methoxy groups -OCH3 is 1. The van der Waals surface area contributed by atoms with Crippen LogP contribution >= 0.6 is 0 Å². The molecule has 0 fully saturated rings. The van der Waals surface area contributed by atoms with E-state index >= 15 is 0 Å². The van der Waals surface area contributed by atoms with Gasteiger partial charge in [-0.3, -0.25) is 4.79 Å². The fourth-order valence-electron chi connectivity index (χ4n) is 3.29. The maximum absolute atomic E-state index is 12.9. The summed E-state index contributed by atoms with van der Waals surface area (Å²) in [7, 11) is 1.64. The standard InChI is InChI=1S/C25H23NO4/c1-28-19-13-11-18(12-14-19)15-16-26-25(27)24-22(17-29-20-7-3-2-4-8-20)21-9-5-6-10-23(21)30-24/h2-14H,15-17H2,1H3,(H,26,27). The van der Waals surface area contributed by atoms with E-state index in [-0.39, 0.29) is 12.5 Å². The van der Waals surface area contributed by atoms with Crippen LogP contribution < -0.4 is 14.8 Å². The van der Waals surface area contributed by atoms with Crippen LogP contribution in [-0.2, 0) is 13.0 Å². The topological polar surface area (TPSA) is 60.7 Å². The monoisotopic (exact) mass is 401 g/mol. The zero-order chi connectivity index (χ0) is 20.8. The highest BCUT2D eigenvalue weighted by molar-refractivity contribution is 5.99. The molecule has 0 radical (unpaired) electrons. The van der Waals surface area contributed by atoms with E-state index in [2.05, 4.69) is 5.32 Å². The molecule has 0 aliphatic rings. The summed E-state index contributed by atoms with van der Waals surface area (Å²) >= 11 is 0. The van der Waals surface area contributed by atoms with Crippen LogP contribution in [0.4, 0.5) is 0 Å². The highest BCUT2D eigenvalue weighted by Gasteiger charge is 2.20. The molecule has 5 heteroatoms. The summed E-state index contributed by atoms with van der Waals surface area (Å²) in [6.45, 7) is 0.753. The van der Waals surface area contributed by atoms with Crippen molar-refractivity contribution in [2.75, 3.05) is 13.7 Å². The number of rotatable bonds is 8. The zero-order valence-corrected chi connectivity index (χ0v) is 16.8. The number of amides is 1. The molecule has 0 aliphatic heterocycles. The Kier molecular flexibility index (Phi) is 5.99. The summed E-state index contributed by atoms with van der Waals surface area (Å²) in [5.41, 5.74) is 2.54. The molecule has 30 heavy (non-hydrogen) atoms. The number of nitrogens with one attached hydrogen (secondary N) is 1. The molecule has 5 nitrogen and oxygen atoms in total. The van der Waals surface area contributed by atoms with Gasteiger partial charge in [0.1, 0.15) is 23.7 Å². The average Bonchev–Trinajstić information content (AvgIpc) is 3.17. The van der Waals surface area contributed by atoms with Crippen molar-refractivity contribution < 1.29 is 18.7 Å². The minimum absolute atomic E-state index is 0.244. The summed E-state index contributed by atoms with van der Waals surface area (Å²) in [5, 5.41) is 3.84. The third-order valence-electron chi connectivity index (χ3n) is 4.89. The maximum atomic E-state index is 12.9. The summed E-state index contributed by atoms with van der Waals surface area (Å²) in [6, 6.07) is 24.9. The van der Waals surface area contributed by atoms with E-state index in [4.69, 9.17) is 13.9 Å². The maximum Gasteiger partial charge on any atom is 0.287 e. The minimum Gasteiger partial charge on any atom is -0.497 e. The van der Waals surface area contributed by atoms with E-state index < -0.39 is 0 Å². The molecule has 0 bridgehead atoms. The van der Waals surface area contributed by atoms with Crippen molar-refractivity contribution in [1.82, 2.24) is 5.32 Å². The molecular weight excluding hydrogens is 378 g/mol. The van der Waals surface area contributed by atoms with Crippen LogP contribution in [0.5, 0.6) is 11.5 Å². The number of fused-ring (bicyclic) bond motifs is 1. The van der Waals surface area contributed by atoms with Gasteiger partial charge in [-0.2, -0.15) is 0 Å². The van der Waals surface area contributed by atoms with Crippen molar-refractivity contribution in [3.8, 4) is 11.5 Å². The van der Waals surface area contributed by atoms with Gasteiger partial charge in [0, 0.05) is 17.5 Å². The van der Waals surface area contributed by atoms with Gasteiger partial charge in [-0.25, -0.2) is 0 Å². The van der Waals surface area contributed by atoms with Crippen LogP contribution in [0.15, 0.2) is 83.3 Å². The zero-order valence-electron chi connectivity index (χ0n) is 16.8. The van der Waals surface area contributed by atoms with Gasteiger partial charge in [-0.1, -0.05) is 48.5 Å². The molecule has 1 aromatic heterocycles. The molecule has 0 aliphatic carbocycles. The number of benzene rings is 3. The number of para-hydroxylation sites is 2. The quantitative estimate of drug-likeness (QED) is 0.452. The van der Waals surface area contributed by atoms with Crippen molar-refractivity contribution in [2.24, 2.45) is 0 Å². The molecule has 3 aromatic carbocycles. The van der Waals surface area contributed by atoms with Gasteiger partial charge in [0.2, 0.25) is 0 Å². The van der Waals surface area contributed by atoms with Gasteiger partial charge in [0.25, 0.3) is 5.91 Å². The molecular formula is C25H23NO4. The van der Waals surface area contributed by atoms with E-state index in [9.17, 15) is 4.79 Å². The fraction of sp³-hybridized carbons (Fsp3) is 0.160. The first-order valence-electron chi connectivity index (χ1n) is 9.84. The molecule has 0 spiro atoms. The van der Waals surface area contributed by atoms with Gasteiger partial charge < -0.3 is 19.2 Å². The predicted molar refractivity (Wildman–Crippen MR) is 116 cm³/mol. The first-order valence-corrected chi connectivity index (χ1v) is 9.84. The van der Waals surface area contributed by atoms with E-state index in [0.29, 0.717) is 24.3 Å². The second-order valence-electron chi connectivity index (χ2n) is 6.86. The van der Waals surface area contributed by atoms with Gasteiger partial charge >= 0.3 is 0 Å². The van der Waals surface area contributed by atoms with Crippen LogP contribution in [-0.4, -0.2) is 19.6 Å². The van der Waals surface area contributed by atoms with Crippen LogP contribution in [0.1, 0.15) is 21.7 Å². The lowest BCUT2D eigenvalue weighted by molar-refractivity contribution is 0.0925. The lowest BCUT2D eigenvalue weighted by Gasteiger charge is -2.08. The summed E-state index contributed by atoms with van der Waals surface area (Å²) < 4.78 is 16.9. The Balaban J connectivity index is 1.47. The highest BCUT2D eigenvalue weighted by Crippen LogP contribution is 2.27. The molecule has 0 atom stereocenters. The van der Waals surface area contributed by atoms with E-state index in [1.165, 1.54) is 0 Å².